The van der Waals surface area contributed by atoms with E-state index in [2.05, 4.69) is 9.97 Å². The van der Waals surface area contributed by atoms with Crippen molar-refractivity contribution in [1.29, 1.82) is 0 Å². The van der Waals surface area contributed by atoms with Crippen LogP contribution in [-0.4, -0.2) is 20.3 Å². The predicted octanol–water partition coefficient (Wildman–Crippen LogP) is 1.89. The molecule has 0 radical (unpaired) electrons. The molecule has 0 saturated carbocycles. The third-order valence-corrected chi connectivity index (χ3v) is 2.48. The van der Waals surface area contributed by atoms with Crippen LogP contribution in [0.3, 0.4) is 0 Å². The lowest BCUT2D eigenvalue weighted by atomic mass is 10.2. The number of rotatable bonds is 3. The number of aromatic nitrogens is 3. The molecule has 2 aromatic heterocycles. The minimum atomic E-state index is -0.0639. The lowest BCUT2D eigenvalue weighted by Crippen LogP contribution is -2.09. The van der Waals surface area contributed by atoms with E-state index in [4.69, 9.17) is 11.6 Å². The highest BCUT2D eigenvalue weighted by atomic mass is 35.5. The van der Waals surface area contributed by atoms with Crippen LogP contribution in [0, 0.1) is 0 Å². The Morgan fingerprint density at radius 2 is 2.25 bits per heavy atom. The first kappa shape index (κ1) is 10.8. The van der Waals surface area contributed by atoms with Crippen molar-refractivity contribution in [2.24, 2.45) is 7.05 Å². The van der Waals surface area contributed by atoms with E-state index < -0.39 is 0 Å². The van der Waals surface area contributed by atoms with E-state index in [0.717, 1.165) is 5.82 Å². The molecule has 0 saturated heterocycles. The first-order chi connectivity index (χ1) is 7.66. The second-order valence-electron chi connectivity index (χ2n) is 3.42. The minimum absolute atomic E-state index is 0.0639. The second kappa shape index (κ2) is 4.45. The van der Waals surface area contributed by atoms with Crippen LogP contribution in [0.15, 0.2) is 30.7 Å². The van der Waals surface area contributed by atoms with Crippen LogP contribution >= 0.6 is 11.6 Å². The Kier molecular flexibility index (Phi) is 3.01. The quantitative estimate of drug-likeness (QED) is 0.764. The highest BCUT2D eigenvalue weighted by molar-refractivity contribution is 6.30. The predicted molar refractivity (Wildman–Crippen MR) is 60.5 cm³/mol. The molecule has 0 unspecified atom stereocenters. The van der Waals surface area contributed by atoms with Gasteiger partial charge in [-0.05, 0) is 12.1 Å². The maximum absolute atomic E-state index is 11.8. The van der Waals surface area contributed by atoms with E-state index in [-0.39, 0.29) is 12.2 Å². The van der Waals surface area contributed by atoms with Crippen molar-refractivity contribution in [2.75, 3.05) is 0 Å². The average molecular weight is 236 g/mol. The van der Waals surface area contributed by atoms with E-state index in [1.54, 1.807) is 24.5 Å². The SMILES string of the molecule is Cn1ccnc1CC(=O)c1ccc(Cl)cn1. The van der Waals surface area contributed by atoms with Gasteiger partial charge in [0.05, 0.1) is 11.4 Å². The number of halogens is 1. The first-order valence-corrected chi connectivity index (χ1v) is 5.15. The Labute approximate surface area is 97.9 Å². The van der Waals surface area contributed by atoms with Gasteiger partial charge in [0.1, 0.15) is 11.5 Å². The molecule has 0 amide bonds. The Bertz CT molecular complexity index is 504. The number of carbonyl (C=O) groups excluding carboxylic acids is 1. The molecule has 0 N–H and O–H groups in total. The standard InChI is InChI=1S/C11H10ClN3O/c1-15-5-4-13-11(15)6-10(16)9-3-2-8(12)7-14-9/h2-5,7H,6H2,1H3. The highest BCUT2D eigenvalue weighted by Gasteiger charge is 2.11. The molecular formula is C11H10ClN3O. The molecule has 0 aliphatic carbocycles. The molecule has 0 spiro atoms. The molecule has 0 aliphatic heterocycles. The molecule has 0 bridgehead atoms. The summed E-state index contributed by atoms with van der Waals surface area (Å²) in [6.07, 6.45) is 5.18. The molecule has 0 aromatic carbocycles. The zero-order chi connectivity index (χ0) is 11.5. The molecule has 2 rings (SSSR count). The Hall–Kier alpha value is -1.68. The summed E-state index contributed by atoms with van der Waals surface area (Å²) in [6.45, 7) is 0. The summed E-state index contributed by atoms with van der Waals surface area (Å²) >= 11 is 5.69. The fourth-order valence-corrected chi connectivity index (χ4v) is 1.45. The molecule has 82 valence electrons. The molecule has 0 atom stereocenters. The van der Waals surface area contributed by atoms with Crippen molar-refractivity contribution in [3.63, 3.8) is 0 Å². The summed E-state index contributed by atoms with van der Waals surface area (Å²) in [7, 11) is 1.85. The van der Waals surface area contributed by atoms with Gasteiger partial charge < -0.3 is 4.57 Å². The monoisotopic (exact) mass is 235 g/mol. The molecule has 16 heavy (non-hydrogen) atoms. The summed E-state index contributed by atoms with van der Waals surface area (Å²) in [4.78, 5) is 19.9. The van der Waals surface area contributed by atoms with Crippen molar-refractivity contribution < 1.29 is 4.79 Å². The molecule has 0 fully saturated rings. The zero-order valence-electron chi connectivity index (χ0n) is 8.72. The number of aryl methyl sites for hydroxylation is 1. The van der Waals surface area contributed by atoms with Gasteiger partial charge in [0.25, 0.3) is 0 Å². The number of hydrogen-bond donors (Lipinski definition) is 0. The van der Waals surface area contributed by atoms with Gasteiger partial charge in [0.2, 0.25) is 0 Å². The van der Waals surface area contributed by atoms with Gasteiger partial charge in [0, 0.05) is 25.6 Å². The van der Waals surface area contributed by atoms with Crippen LogP contribution < -0.4 is 0 Å². The minimum Gasteiger partial charge on any atom is -0.338 e. The number of nitrogens with zero attached hydrogens (tertiary/aromatic N) is 3. The third-order valence-electron chi connectivity index (χ3n) is 2.25. The van der Waals surface area contributed by atoms with Crippen molar-refractivity contribution in [3.8, 4) is 0 Å². The van der Waals surface area contributed by atoms with Crippen LogP contribution in [0.1, 0.15) is 16.3 Å². The van der Waals surface area contributed by atoms with E-state index in [0.29, 0.717) is 10.7 Å². The second-order valence-corrected chi connectivity index (χ2v) is 3.85. The number of hydrogen-bond acceptors (Lipinski definition) is 3. The van der Waals surface area contributed by atoms with Crippen LogP contribution in [0.4, 0.5) is 0 Å². The number of pyridine rings is 1. The van der Waals surface area contributed by atoms with Gasteiger partial charge in [0.15, 0.2) is 5.78 Å². The number of ketones is 1. The van der Waals surface area contributed by atoms with Gasteiger partial charge in [-0.15, -0.1) is 0 Å². The fourth-order valence-electron chi connectivity index (χ4n) is 1.34. The van der Waals surface area contributed by atoms with Crippen LogP contribution in [-0.2, 0) is 13.5 Å². The van der Waals surface area contributed by atoms with Gasteiger partial charge >= 0.3 is 0 Å². The lowest BCUT2D eigenvalue weighted by Gasteiger charge is -2.01. The summed E-state index contributed by atoms with van der Waals surface area (Å²) in [5.74, 6) is 0.660. The topological polar surface area (TPSA) is 47.8 Å². The first-order valence-electron chi connectivity index (χ1n) is 4.78. The zero-order valence-corrected chi connectivity index (χ0v) is 9.48. The van der Waals surface area contributed by atoms with Gasteiger partial charge in [-0.25, -0.2) is 4.98 Å². The van der Waals surface area contributed by atoms with Gasteiger partial charge in [-0.1, -0.05) is 11.6 Å². The summed E-state index contributed by atoms with van der Waals surface area (Å²) < 4.78 is 1.81. The Morgan fingerprint density at radius 3 is 2.81 bits per heavy atom. The van der Waals surface area contributed by atoms with Crippen LogP contribution in [0.2, 0.25) is 5.02 Å². The fraction of sp³-hybridized carbons (Fsp3) is 0.182. The van der Waals surface area contributed by atoms with Crippen molar-refractivity contribution in [3.05, 3.63) is 47.3 Å². The van der Waals surface area contributed by atoms with Gasteiger partial charge in [-0.2, -0.15) is 0 Å². The Balaban J connectivity index is 2.15. The number of carbonyl (C=O) groups is 1. The van der Waals surface area contributed by atoms with E-state index in [1.165, 1.54) is 6.20 Å². The molecule has 2 heterocycles. The molecular weight excluding hydrogens is 226 g/mol. The third kappa shape index (κ3) is 2.28. The molecule has 4 nitrogen and oxygen atoms in total. The van der Waals surface area contributed by atoms with E-state index in [1.807, 2.05) is 11.6 Å². The summed E-state index contributed by atoms with van der Waals surface area (Å²) in [5.41, 5.74) is 0.410. The molecule has 0 aliphatic rings. The summed E-state index contributed by atoms with van der Waals surface area (Å²) in [6, 6.07) is 3.27. The maximum atomic E-state index is 11.8. The smallest absolute Gasteiger partial charge is 0.188 e. The Morgan fingerprint density at radius 1 is 1.44 bits per heavy atom. The van der Waals surface area contributed by atoms with Crippen molar-refractivity contribution >= 4 is 17.4 Å². The largest absolute Gasteiger partial charge is 0.338 e. The van der Waals surface area contributed by atoms with Crippen LogP contribution in [0.5, 0.6) is 0 Å². The van der Waals surface area contributed by atoms with Crippen molar-refractivity contribution in [2.45, 2.75) is 6.42 Å². The number of imidazole rings is 1. The van der Waals surface area contributed by atoms with Crippen LogP contribution in [0.25, 0.3) is 0 Å². The lowest BCUT2D eigenvalue weighted by molar-refractivity contribution is 0.0985. The van der Waals surface area contributed by atoms with Crippen molar-refractivity contribution in [1.82, 2.24) is 14.5 Å². The highest BCUT2D eigenvalue weighted by Crippen LogP contribution is 2.08. The molecule has 5 heteroatoms. The van der Waals surface area contributed by atoms with E-state index in [9.17, 15) is 4.79 Å². The maximum Gasteiger partial charge on any atom is 0.188 e. The van der Waals surface area contributed by atoms with E-state index >= 15 is 0 Å². The average Bonchev–Trinajstić information content (AvgIpc) is 2.65. The normalized spacial score (nSPS) is 10.4. The summed E-state index contributed by atoms with van der Waals surface area (Å²) in [5, 5.41) is 0.522. The van der Waals surface area contributed by atoms with Gasteiger partial charge in [-0.3, -0.25) is 9.78 Å². The molecule has 2 aromatic rings. The number of Topliss-reactive ketones (excluding diaryl/α,β-unsaturated/α-hetero) is 1.